The largest absolute Gasteiger partial charge is 0.368 e. The van der Waals surface area contributed by atoms with Crippen LogP contribution in [0.25, 0.3) is 0 Å². The zero-order valence-corrected chi connectivity index (χ0v) is 16.6. The first-order valence-electron chi connectivity index (χ1n) is 9.25. The smallest absolute Gasteiger partial charge is 0.278 e. The number of piperazine rings is 1. The van der Waals surface area contributed by atoms with E-state index in [1.54, 1.807) is 23.1 Å². The van der Waals surface area contributed by atoms with E-state index in [-0.39, 0.29) is 23.1 Å². The number of aryl methyl sites for hydroxylation is 1. The van der Waals surface area contributed by atoms with E-state index >= 15 is 0 Å². The van der Waals surface area contributed by atoms with Crippen LogP contribution >= 0.6 is 11.6 Å². The fourth-order valence-electron chi connectivity index (χ4n) is 3.38. The van der Waals surface area contributed by atoms with Crippen molar-refractivity contribution >= 4 is 34.7 Å². The van der Waals surface area contributed by atoms with Gasteiger partial charge < -0.3 is 15.1 Å². The molecule has 7 nitrogen and oxygen atoms in total. The summed E-state index contributed by atoms with van der Waals surface area (Å²) >= 11 is 6.13. The monoisotopic (exact) mass is 414 g/mol. The molecule has 1 fully saturated rings. The molecule has 0 radical (unpaired) electrons. The Labute approximate surface area is 172 Å². The second-order valence-electron chi connectivity index (χ2n) is 6.84. The molecule has 0 spiro atoms. The van der Waals surface area contributed by atoms with Gasteiger partial charge in [-0.1, -0.05) is 29.8 Å². The lowest BCUT2D eigenvalue weighted by molar-refractivity contribution is 0.0742. The fraction of sp³-hybridized carbons (Fsp3) is 0.250. The number of benzene rings is 2. The Morgan fingerprint density at radius 3 is 2.66 bits per heavy atom. The van der Waals surface area contributed by atoms with Gasteiger partial charge in [-0.05, 0) is 36.8 Å². The predicted octanol–water partition coefficient (Wildman–Crippen LogP) is 3.61. The van der Waals surface area contributed by atoms with Gasteiger partial charge in [0.15, 0.2) is 11.5 Å². The molecule has 29 heavy (non-hydrogen) atoms. The molecule has 1 aromatic heterocycles. The molecule has 4 rings (SSSR count). The summed E-state index contributed by atoms with van der Waals surface area (Å²) in [7, 11) is 0. The maximum absolute atomic E-state index is 13.9. The first-order chi connectivity index (χ1) is 14.0. The molecular weight excluding hydrogens is 395 g/mol. The molecule has 150 valence electrons. The molecule has 1 aliphatic rings. The number of aromatic amines is 1. The summed E-state index contributed by atoms with van der Waals surface area (Å²) in [6.07, 6.45) is 0. The van der Waals surface area contributed by atoms with Crippen LogP contribution in [-0.4, -0.2) is 52.4 Å². The van der Waals surface area contributed by atoms with Gasteiger partial charge in [-0.3, -0.25) is 4.79 Å². The van der Waals surface area contributed by atoms with Gasteiger partial charge in [0, 0.05) is 36.9 Å². The average Bonchev–Trinajstić information content (AvgIpc) is 3.19. The number of rotatable bonds is 4. The molecule has 0 saturated carbocycles. The molecule has 2 heterocycles. The minimum absolute atomic E-state index is 0.139. The molecular formula is C20H20ClFN6O. The maximum Gasteiger partial charge on any atom is 0.278 e. The molecule has 3 aromatic rings. The minimum Gasteiger partial charge on any atom is -0.368 e. The van der Waals surface area contributed by atoms with Crippen LogP contribution in [0.2, 0.25) is 5.02 Å². The summed E-state index contributed by atoms with van der Waals surface area (Å²) < 4.78 is 13.9. The lowest BCUT2D eigenvalue weighted by atomic mass is 10.1. The van der Waals surface area contributed by atoms with Gasteiger partial charge in [-0.15, -0.1) is 10.2 Å². The number of anilines is 3. The molecule has 2 N–H and O–H groups in total. The highest BCUT2D eigenvalue weighted by Gasteiger charge is 2.27. The van der Waals surface area contributed by atoms with E-state index < -0.39 is 5.82 Å². The number of amides is 1. The third-order valence-electron chi connectivity index (χ3n) is 4.96. The number of H-pyrrole nitrogens is 1. The maximum atomic E-state index is 13.9. The zero-order chi connectivity index (χ0) is 20.4. The number of carbonyl (C=O) groups excluding carboxylic acids is 1. The van der Waals surface area contributed by atoms with Crippen LogP contribution in [0.3, 0.4) is 0 Å². The van der Waals surface area contributed by atoms with Gasteiger partial charge >= 0.3 is 0 Å². The van der Waals surface area contributed by atoms with E-state index in [0.29, 0.717) is 31.2 Å². The molecule has 0 aliphatic carbocycles. The molecule has 0 unspecified atom stereocenters. The van der Waals surface area contributed by atoms with Crippen molar-refractivity contribution in [2.24, 2.45) is 0 Å². The van der Waals surface area contributed by atoms with E-state index in [9.17, 15) is 9.18 Å². The Hall–Kier alpha value is -3.13. The Morgan fingerprint density at radius 2 is 1.90 bits per heavy atom. The second-order valence-corrected chi connectivity index (χ2v) is 7.27. The predicted molar refractivity (Wildman–Crippen MR) is 110 cm³/mol. The SMILES string of the molecule is Cc1ccc(Cl)cc1N1CCN(C(=O)c2n[nH]nc2Nc2ccccc2F)CC1. The first kappa shape index (κ1) is 19.2. The molecule has 9 heteroatoms. The third kappa shape index (κ3) is 4.02. The molecule has 1 aliphatic heterocycles. The van der Waals surface area contributed by atoms with E-state index in [4.69, 9.17) is 11.6 Å². The number of nitrogens with zero attached hydrogens (tertiary/aromatic N) is 4. The highest BCUT2D eigenvalue weighted by Crippen LogP contribution is 2.26. The van der Waals surface area contributed by atoms with Gasteiger partial charge in [-0.2, -0.15) is 5.21 Å². The van der Waals surface area contributed by atoms with Gasteiger partial charge in [0.1, 0.15) is 5.82 Å². The third-order valence-corrected chi connectivity index (χ3v) is 5.19. The van der Waals surface area contributed by atoms with Crippen LogP contribution in [0.5, 0.6) is 0 Å². The van der Waals surface area contributed by atoms with E-state index in [0.717, 1.165) is 11.3 Å². The van der Waals surface area contributed by atoms with E-state index in [1.807, 2.05) is 25.1 Å². The van der Waals surface area contributed by atoms with Crippen LogP contribution in [0.4, 0.5) is 21.6 Å². The summed E-state index contributed by atoms with van der Waals surface area (Å²) in [6, 6.07) is 12.0. The van der Waals surface area contributed by atoms with Crippen LogP contribution in [0.15, 0.2) is 42.5 Å². The molecule has 1 saturated heterocycles. The van der Waals surface area contributed by atoms with Crippen molar-refractivity contribution in [3.8, 4) is 0 Å². The van der Waals surface area contributed by atoms with Gasteiger partial charge in [0.25, 0.3) is 5.91 Å². The van der Waals surface area contributed by atoms with Crippen molar-refractivity contribution in [2.45, 2.75) is 6.92 Å². The lowest BCUT2D eigenvalue weighted by Gasteiger charge is -2.36. The lowest BCUT2D eigenvalue weighted by Crippen LogP contribution is -2.49. The van der Waals surface area contributed by atoms with Gasteiger partial charge in [-0.25, -0.2) is 4.39 Å². The number of nitrogens with one attached hydrogen (secondary N) is 2. The van der Waals surface area contributed by atoms with Crippen molar-refractivity contribution in [2.75, 3.05) is 36.4 Å². The summed E-state index contributed by atoms with van der Waals surface area (Å²) in [5.41, 5.74) is 2.59. The van der Waals surface area contributed by atoms with E-state index in [2.05, 4.69) is 25.6 Å². The summed E-state index contributed by atoms with van der Waals surface area (Å²) in [6.45, 7) is 4.48. The van der Waals surface area contributed by atoms with Gasteiger partial charge in [0.2, 0.25) is 0 Å². The summed E-state index contributed by atoms with van der Waals surface area (Å²) in [5.74, 6) is -0.479. The van der Waals surface area contributed by atoms with Crippen LogP contribution < -0.4 is 10.2 Å². The number of aromatic nitrogens is 3. The fourth-order valence-corrected chi connectivity index (χ4v) is 3.55. The number of carbonyl (C=O) groups is 1. The highest BCUT2D eigenvalue weighted by atomic mass is 35.5. The van der Waals surface area contributed by atoms with Crippen LogP contribution in [0.1, 0.15) is 16.1 Å². The molecule has 0 bridgehead atoms. The number of hydrogen-bond acceptors (Lipinski definition) is 5. The second kappa shape index (κ2) is 8.08. The van der Waals surface area contributed by atoms with Crippen molar-refractivity contribution in [3.05, 3.63) is 64.6 Å². The molecule has 2 aromatic carbocycles. The molecule has 1 amide bonds. The Bertz CT molecular complexity index is 1030. The minimum atomic E-state index is -0.431. The number of halogens is 2. The number of para-hydroxylation sites is 1. The topological polar surface area (TPSA) is 77.2 Å². The van der Waals surface area contributed by atoms with Crippen molar-refractivity contribution in [1.29, 1.82) is 0 Å². The Balaban J connectivity index is 1.45. The van der Waals surface area contributed by atoms with Crippen molar-refractivity contribution in [1.82, 2.24) is 20.3 Å². The van der Waals surface area contributed by atoms with Crippen molar-refractivity contribution in [3.63, 3.8) is 0 Å². The Kier molecular flexibility index (Phi) is 5.35. The normalized spacial score (nSPS) is 14.2. The highest BCUT2D eigenvalue weighted by molar-refractivity contribution is 6.30. The average molecular weight is 415 g/mol. The zero-order valence-electron chi connectivity index (χ0n) is 15.8. The van der Waals surface area contributed by atoms with Crippen molar-refractivity contribution < 1.29 is 9.18 Å². The van der Waals surface area contributed by atoms with Gasteiger partial charge in [0.05, 0.1) is 5.69 Å². The summed E-state index contributed by atoms with van der Waals surface area (Å²) in [4.78, 5) is 16.9. The van der Waals surface area contributed by atoms with E-state index in [1.165, 1.54) is 6.07 Å². The first-order valence-corrected chi connectivity index (χ1v) is 9.63. The summed E-state index contributed by atoms with van der Waals surface area (Å²) in [5, 5.41) is 13.9. The molecule has 0 atom stereocenters. The number of hydrogen-bond donors (Lipinski definition) is 2. The van der Waals surface area contributed by atoms with Crippen LogP contribution in [0, 0.1) is 12.7 Å². The standard InChI is InChI=1S/C20H20ClFN6O/c1-13-6-7-14(21)12-17(13)27-8-10-28(11-9-27)20(29)18-19(25-26-24-18)23-16-5-3-2-4-15(16)22/h2-7,12H,8-11H2,1H3,(H2,23,24,25,26). The Morgan fingerprint density at radius 1 is 1.14 bits per heavy atom. The van der Waals surface area contributed by atoms with Crippen LogP contribution in [-0.2, 0) is 0 Å². The quantitative estimate of drug-likeness (QED) is 0.682.